The third-order valence-electron chi connectivity index (χ3n) is 4.40. The zero-order valence-corrected chi connectivity index (χ0v) is 12.8. The number of benzene rings is 1. The molecule has 0 bridgehead atoms. The van der Waals surface area contributed by atoms with E-state index in [2.05, 4.69) is 13.0 Å². The number of hydrogen-bond acceptors (Lipinski definition) is 2. The van der Waals surface area contributed by atoms with Gasteiger partial charge < -0.3 is 9.64 Å². The maximum absolute atomic E-state index is 12.9. The summed E-state index contributed by atoms with van der Waals surface area (Å²) in [4.78, 5) is 14.8. The van der Waals surface area contributed by atoms with E-state index in [-0.39, 0.29) is 11.3 Å². The fourth-order valence-corrected chi connectivity index (χ4v) is 3.34. The van der Waals surface area contributed by atoms with Gasteiger partial charge in [-0.3, -0.25) is 4.79 Å². The SMILES string of the molecule is CCC[C@]1(c2cccc(OC)c2)CCCCN(C)C1=O. The molecule has 0 radical (unpaired) electrons. The van der Waals surface area contributed by atoms with E-state index in [1.165, 1.54) is 0 Å². The monoisotopic (exact) mass is 275 g/mol. The molecule has 0 N–H and O–H groups in total. The number of nitrogens with zero attached hydrogens (tertiary/aromatic N) is 1. The average molecular weight is 275 g/mol. The number of carbonyl (C=O) groups is 1. The summed E-state index contributed by atoms with van der Waals surface area (Å²) in [5.41, 5.74) is 0.742. The van der Waals surface area contributed by atoms with Crippen LogP contribution in [0.25, 0.3) is 0 Å². The Labute approximate surface area is 121 Å². The zero-order valence-electron chi connectivity index (χ0n) is 12.8. The van der Waals surface area contributed by atoms with Crippen molar-refractivity contribution in [2.45, 2.75) is 44.4 Å². The molecule has 2 rings (SSSR count). The summed E-state index contributed by atoms with van der Waals surface area (Å²) < 4.78 is 5.34. The summed E-state index contributed by atoms with van der Waals surface area (Å²) in [5, 5.41) is 0. The second-order valence-corrected chi connectivity index (χ2v) is 5.75. The highest BCUT2D eigenvalue weighted by molar-refractivity contribution is 5.88. The van der Waals surface area contributed by atoms with Crippen molar-refractivity contribution < 1.29 is 9.53 Å². The predicted molar refractivity (Wildman–Crippen MR) is 81.1 cm³/mol. The maximum Gasteiger partial charge on any atom is 0.232 e. The van der Waals surface area contributed by atoms with Gasteiger partial charge in [0.2, 0.25) is 5.91 Å². The standard InChI is InChI=1S/C17H25NO2/c1-4-10-17(11-5-6-12-18(2)16(17)19)14-8-7-9-15(13-14)20-3/h7-9,13H,4-6,10-12H2,1-3H3/t17-/m1/s1. The molecule has 1 fully saturated rings. The first kappa shape index (κ1) is 14.9. The van der Waals surface area contributed by atoms with Gasteiger partial charge in [0.15, 0.2) is 0 Å². The predicted octanol–water partition coefficient (Wildman–Crippen LogP) is 3.38. The first-order valence-corrected chi connectivity index (χ1v) is 7.54. The van der Waals surface area contributed by atoms with E-state index in [0.717, 1.165) is 50.0 Å². The number of ether oxygens (including phenoxy) is 1. The first-order valence-electron chi connectivity index (χ1n) is 7.54. The van der Waals surface area contributed by atoms with Crippen molar-refractivity contribution in [2.24, 2.45) is 0 Å². The minimum absolute atomic E-state index is 0.269. The second-order valence-electron chi connectivity index (χ2n) is 5.75. The minimum Gasteiger partial charge on any atom is -0.497 e. The van der Waals surface area contributed by atoms with Gasteiger partial charge >= 0.3 is 0 Å². The van der Waals surface area contributed by atoms with E-state index in [1.54, 1.807) is 7.11 Å². The Bertz CT molecular complexity index is 472. The smallest absolute Gasteiger partial charge is 0.232 e. The van der Waals surface area contributed by atoms with Crippen LogP contribution in [0.5, 0.6) is 5.75 Å². The van der Waals surface area contributed by atoms with Gasteiger partial charge in [0.05, 0.1) is 12.5 Å². The molecule has 1 aromatic rings. The Morgan fingerprint density at radius 1 is 1.35 bits per heavy atom. The Balaban J connectivity index is 2.48. The van der Waals surface area contributed by atoms with E-state index in [0.29, 0.717) is 0 Å². The van der Waals surface area contributed by atoms with Crippen molar-refractivity contribution in [2.75, 3.05) is 20.7 Å². The molecular formula is C17H25NO2. The quantitative estimate of drug-likeness (QED) is 0.843. The van der Waals surface area contributed by atoms with Crippen molar-refractivity contribution in [1.82, 2.24) is 4.90 Å². The molecule has 1 aliphatic heterocycles. The lowest BCUT2D eigenvalue weighted by molar-refractivity contribution is -0.135. The maximum atomic E-state index is 12.9. The highest BCUT2D eigenvalue weighted by Gasteiger charge is 2.42. The molecule has 0 spiro atoms. The van der Waals surface area contributed by atoms with Crippen LogP contribution in [0.2, 0.25) is 0 Å². The highest BCUT2D eigenvalue weighted by atomic mass is 16.5. The molecule has 0 aliphatic carbocycles. The van der Waals surface area contributed by atoms with Crippen LogP contribution in [-0.4, -0.2) is 31.5 Å². The van der Waals surface area contributed by atoms with Gasteiger partial charge in [0.25, 0.3) is 0 Å². The molecule has 3 heteroatoms. The first-order chi connectivity index (χ1) is 9.64. The molecule has 0 aromatic heterocycles. The molecule has 0 saturated carbocycles. The normalized spacial score (nSPS) is 23.6. The fraction of sp³-hybridized carbons (Fsp3) is 0.588. The van der Waals surface area contributed by atoms with Crippen LogP contribution < -0.4 is 4.74 Å². The van der Waals surface area contributed by atoms with Crippen LogP contribution in [0.15, 0.2) is 24.3 Å². The zero-order chi connectivity index (χ0) is 14.6. The van der Waals surface area contributed by atoms with E-state index < -0.39 is 0 Å². The van der Waals surface area contributed by atoms with Gasteiger partial charge in [0, 0.05) is 13.6 Å². The second kappa shape index (κ2) is 6.29. The molecule has 1 aromatic carbocycles. The molecule has 20 heavy (non-hydrogen) atoms. The number of carbonyl (C=O) groups excluding carboxylic acids is 1. The number of rotatable bonds is 4. The lowest BCUT2D eigenvalue weighted by Gasteiger charge is -2.34. The Kier molecular flexibility index (Phi) is 4.69. The molecule has 1 heterocycles. The van der Waals surface area contributed by atoms with Crippen LogP contribution in [-0.2, 0) is 10.2 Å². The third-order valence-corrected chi connectivity index (χ3v) is 4.40. The molecular weight excluding hydrogens is 250 g/mol. The summed E-state index contributed by atoms with van der Waals surface area (Å²) in [5.74, 6) is 1.10. The molecule has 1 atom stereocenters. The van der Waals surface area contributed by atoms with Gasteiger partial charge in [-0.25, -0.2) is 0 Å². The lowest BCUT2D eigenvalue weighted by Crippen LogP contribution is -2.44. The number of methoxy groups -OCH3 is 1. The van der Waals surface area contributed by atoms with Crippen LogP contribution in [0.4, 0.5) is 0 Å². The van der Waals surface area contributed by atoms with Gasteiger partial charge in [0.1, 0.15) is 5.75 Å². The summed E-state index contributed by atoms with van der Waals surface area (Å²) in [6, 6.07) is 8.04. The molecule has 1 saturated heterocycles. The van der Waals surface area contributed by atoms with E-state index in [4.69, 9.17) is 4.74 Å². The topological polar surface area (TPSA) is 29.5 Å². The van der Waals surface area contributed by atoms with Crippen molar-refractivity contribution in [3.63, 3.8) is 0 Å². The van der Waals surface area contributed by atoms with E-state index in [9.17, 15) is 4.79 Å². The Hall–Kier alpha value is -1.51. The van der Waals surface area contributed by atoms with E-state index in [1.807, 2.05) is 30.1 Å². The lowest BCUT2D eigenvalue weighted by atomic mass is 9.72. The summed E-state index contributed by atoms with van der Waals surface area (Å²) in [7, 11) is 3.60. The van der Waals surface area contributed by atoms with Crippen LogP contribution in [0, 0.1) is 0 Å². The largest absolute Gasteiger partial charge is 0.497 e. The van der Waals surface area contributed by atoms with Crippen LogP contribution >= 0.6 is 0 Å². The molecule has 1 amide bonds. The third kappa shape index (κ3) is 2.67. The fourth-order valence-electron chi connectivity index (χ4n) is 3.34. The summed E-state index contributed by atoms with van der Waals surface area (Å²) in [6.07, 6.45) is 5.06. The average Bonchev–Trinajstić information content (AvgIpc) is 2.62. The molecule has 3 nitrogen and oxygen atoms in total. The van der Waals surface area contributed by atoms with Crippen molar-refractivity contribution >= 4 is 5.91 Å². The Morgan fingerprint density at radius 3 is 2.85 bits per heavy atom. The van der Waals surface area contributed by atoms with Gasteiger partial charge in [-0.15, -0.1) is 0 Å². The summed E-state index contributed by atoms with van der Waals surface area (Å²) >= 11 is 0. The number of likely N-dealkylation sites (N-methyl/N-ethyl adjacent to an activating group) is 1. The van der Waals surface area contributed by atoms with Crippen molar-refractivity contribution in [3.05, 3.63) is 29.8 Å². The molecule has 1 aliphatic rings. The highest BCUT2D eigenvalue weighted by Crippen LogP contribution is 2.39. The van der Waals surface area contributed by atoms with E-state index >= 15 is 0 Å². The number of amides is 1. The minimum atomic E-state index is -0.367. The molecule has 110 valence electrons. The van der Waals surface area contributed by atoms with Crippen LogP contribution in [0.1, 0.15) is 44.6 Å². The van der Waals surface area contributed by atoms with Crippen molar-refractivity contribution in [3.8, 4) is 5.75 Å². The van der Waals surface area contributed by atoms with Crippen LogP contribution in [0.3, 0.4) is 0 Å². The summed E-state index contributed by atoms with van der Waals surface area (Å²) in [6.45, 7) is 3.02. The number of hydrogen-bond donors (Lipinski definition) is 0. The molecule has 0 unspecified atom stereocenters. The van der Waals surface area contributed by atoms with Crippen molar-refractivity contribution in [1.29, 1.82) is 0 Å². The Morgan fingerprint density at radius 2 is 2.15 bits per heavy atom. The number of likely N-dealkylation sites (tertiary alicyclic amines) is 1. The van der Waals surface area contributed by atoms with Gasteiger partial charge in [-0.2, -0.15) is 0 Å². The van der Waals surface area contributed by atoms with Gasteiger partial charge in [-0.05, 0) is 37.0 Å². The van der Waals surface area contributed by atoms with Gasteiger partial charge in [-0.1, -0.05) is 31.9 Å².